The van der Waals surface area contributed by atoms with Gasteiger partial charge >= 0.3 is 0 Å². The van der Waals surface area contributed by atoms with Gasteiger partial charge in [0.15, 0.2) is 0 Å². The van der Waals surface area contributed by atoms with Crippen molar-refractivity contribution in [1.29, 1.82) is 0 Å². The minimum absolute atomic E-state index is 0.0749. The summed E-state index contributed by atoms with van der Waals surface area (Å²) in [6.07, 6.45) is 4.13. The van der Waals surface area contributed by atoms with Gasteiger partial charge in [0.1, 0.15) is 12.4 Å². The summed E-state index contributed by atoms with van der Waals surface area (Å²) in [5.74, 6) is 0.603. The Hall–Kier alpha value is -2.00. The average Bonchev–Trinajstić information content (AvgIpc) is 3.06. The van der Waals surface area contributed by atoms with E-state index in [1.165, 1.54) is 16.2 Å². The Balaban J connectivity index is 1.90. The second-order valence-corrected chi connectivity index (χ2v) is 4.75. The van der Waals surface area contributed by atoms with Crippen LogP contribution in [0.25, 0.3) is 0 Å². The molecule has 0 unspecified atom stereocenters. The molecule has 0 spiro atoms. The summed E-state index contributed by atoms with van der Waals surface area (Å²) in [5, 5.41) is 19.0. The zero-order chi connectivity index (χ0) is 14.4. The number of aliphatic hydroxyl groups is 1. The highest BCUT2D eigenvalue weighted by Gasteiger charge is 2.06. The molecule has 108 valence electrons. The van der Waals surface area contributed by atoms with Gasteiger partial charge in [-0.2, -0.15) is 9.47 Å². The van der Waals surface area contributed by atoms with Crippen LogP contribution in [0.1, 0.15) is 12.7 Å². The molecule has 2 aromatic rings. The molecule has 3 N–H and O–H groups in total. The molecule has 2 heterocycles. The highest BCUT2D eigenvalue weighted by molar-refractivity contribution is 7.09. The molecule has 2 aromatic heterocycles. The molecule has 9 heteroatoms. The lowest BCUT2D eigenvalue weighted by molar-refractivity contribution is -0.122. The molecule has 0 aliphatic rings. The molecule has 2 rings (SSSR count). The van der Waals surface area contributed by atoms with Crippen LogP contribution in [0, 0.1) is 0 Å². The van der Waals surface area contributed by atoms with Crippen molar-refractivity contribution in [3.63, 3.8) is 0 Å². The van der Waals surface area contributed by atoms with Crippen molar-refractivity contribution < 1.29 is 9.90 Å². The minimum Gasteiger partial charge on any atom is -0.395 e. The van der Waals surface area contributed by atoms with Gasteiger partial charge in [0.2, 0.25) is 11.0 Å². The van der Waals surface area contributed by atoms with Crippen molar-refractivity contribution in [2.75, 3.05) is 18.5 Å². The number of aromatic nitrogens is 4. The molecule has 0 saturated heterocycles. The molecule has 0 fully saturated rings. The molecule has 0 radical (unpaired) electrons. The normalized spacial score (nSPS) is 10.5. The van der Waals surface area contributed by atoms with Crippen LogP contribution >= 0.6 is 11.5 Å². The Bertz CT molecular complexity index is 567. The van der Waals surface area contributed by atoms with Crippen molar-refractivity contribution in [2.45, 2.75) is 19.9 Å². The Kier molecular flexibility index (Phi) is 5.02. The number of hydrogen-bond donors (Lipinski definition) is 3. The summed E-state index contributed by atoms with van der Waals surface area (Å²) in [6.45, 7) is 2.27. The summed E-state index contributed by atoms with van der Waals surface area (Å²) < 4.78 is 5.68. The van der Waals surface area contributed by atoms with Crippen molar-refractivity contribution >= 4 is 28.3 Å². The maximum Gasteiger partial charge on any atom is 0.241 e. The maximum atomic E-state index is 11.5. The number of nitrogens with one attached hydrogen (secondary N) is 2. The van der Waals surface area contributed by atoms with Crippen LogP contribution in [0.5, 0.6) is 0 Å². The number of aryl methyl sites for hydroxylation is 1. The minimum atomic E-state index is -0.196. The fourth-order valence-corrected chi connectivity index (χ4v) is 2.16. The maximum absolute atomic E-state index is 11.5. The predicted octanol–water partition coefficient (Wildman–Crippen LogP) is 0.149. The third kappa shape index (κ3) is 4.00. The lowest BCUT2D eigenvalue weighted by Crippen LogP contribution is -2.30. The highest BCUT2D eigenvalue weighted by Crippen LogP contribution is 2.17. The third-order valence-electron chi connectivity index (χ3n) is 2.41. The van der Waals surface area contributed by atoms with Gasteiger partial charge in [0.25, 0.3) is 0 Å². The third-order valence-corrected chi connectivity index (χ3v) is 3.08. The van der Waals surface area contributed by atoms with E-state index in [-0.39, 0.29) is 25.6 Å². The van der Waals surface area contributed by atoms with Crippen LogP contribution in [0.4, 0.5) is 10.8 Å². The smallest absolute Gasteiger partial charge is 0.241 e. The van der Waals surface area contributed by atoms with E-state index in [1.54, 1.807) is 12.4 Å². The first-order chi connectivity index (χ1) is 9.71. The van der Waals surface area contributed by atoms with Gasteiger partial charge in [-0.3, -0.25) is 9.48 Å². The average molecular weight is 296 g/mol. The van der Waals surface area contributed by atoms with E-state index >= 15 is 0 Å². The number of carbonyl (C=O) groups is 1. The van der Waals surface area contributed by atoms with Crippen molar-refractivity contribution in [3.05, 3.63) is 18.2 Å². The van der Waals surface area contributed by atoms with Gasteiger partial charge < -0.3 is 15.7 Å². The first-order valence-electron chi connectivity index (χ1n) is 6.21. The first kappa shape index (κ1) is 14.4. The summed E-state index contributed by atoms with van der Waals surface area (Å²) in [4.78, 5) is 15.7. The zero-order valence-electron chi connectivity index (χ0n) is 11.0. The summed E-state index contributed by atoms with van der Waals surface area (Å²) in [7, 11) is 0. The lowest BCUT2D eigenvalue weighted by Gasteiger charge is -2.02. The molecule has 0 bridgehead atoms. The quantitative estimate of drug-likeness (QED) is 0.671. The highest BCUT2D eigenvalue weighted by atomic mass is 32.1. The van der Waals surface area contributed by atoms with Gasteiger partial charge in [-0.25, -0.2) is 4.98 Å². The standard InChI is InChI=1S/C11H16N6O2S/c1-2-9-15-11(20-16-9)14-8-5-13-17(6-8)7-10(19)12-3-4-18/h5-6,18H,2-4,7H2,1H3,(H,12,19)(H,14,15,16). The molecule has 0 aliphatic carbocycles. The molecule has 0 aliphatic heterocycles. The van der Waals surface area contributed by atoms with E-state index < -0.39 is 0 Å². The Morgan fingerprint density at radius 3 is 3.10 bits per heavy atom. The molecule has 20 heavy (non-hydrogen) atoms. The largest absolute Gasteiger partial charge is 0.395 e. The van der Waals surface area contributed by atoms with E-state index in [2.05, 4.69) is 25.1 Å². The fraction of sp³-hybridized carbons (Fsp3) is 0.455. The monoisotopic (exact) mass is 296 g/mol. The summed E-state index contributed by atoms with van der Waals surface area (Å²) in [5.41, 5.74) is 0.749. The Morgan fingerprint density at radius 2 is 2.40 bits per heavy atom. The van der Waals surface area contributed by atoms with Gasteiger partial charge in [-0.05, 0) is 0 Å². The van der Waals surface area contributed by atoms with Crippen LogP contribution in [0.15, 0.2) is 12.4 Å². The van der Waals surface area contributed by atoms with Crippen molar-refractivity contribution in [1.82, 2.24) is 24.5 Å². The van der Waals surface area contributed by atoms with Crippen LogP contribution < -0.4 is 10.6 Å². The van der Waals surface area contributed by atoms with Crippen LogP contribution in [-0.2, 0) is 17.8 Å². The molecule has 0 aromatic carbocycles. The molecule has 0 atom stereocenters. The van der Waals surface area contributed by atoms with E-state index in [0.29, 0.717) is 5.13 Å². The second kappa shape index (κ2) is 6.96. The molecular formula is C11H16N6O2S. The Labute approximate surface area is 120 Å². The van der Waals surface area contributed by atoms with Crippen LogP contribution in [-0.4, -0.2) is 43.3 Å². The number of rotatable bonds is 7. The number of nitrogens with zero attached hydrogens (tertiary/aromatic N) is 4. The van der Waals surface area contributed by atoms with E-state index in [0.717, 1.165) is 17.9 Å². The lowest BCUT2D eigenvalue weighted by atomic mass is 10.5. The topological polar surface area (TPSA) is 105 Å². The van der Waals surface area contributed by atoms with Gasteiger partial charge in [-0.1, -0.05) is 6.92 Å². The molecule has 8 nitrogen and oxygen atoms in total. The van der Waals surface area contributed by atoms with E-state index in [1.807, 2.05) is 6.92 Å². The van der Waals surface area contributed by atoms with Gasteiger partial charge in [0, 0.05) is 30.7 Å². The number of hydrogen-bond acceptors (Lipinski definition) is 7. The molecule has 0 saturated carbocycles. The zero-order valence-corrected chi connectivity index (χ0v) is 11.9. The van der Waals surface area contributed by atoms with E-state index in [4.69, 9.17) is 5.11 Å². The van der Waals surface area contributed by atoms with Gasteiger partial charge in [-0.15, -0.1) is 0 Å². The molecular weight excluding hydrogens is 280 g/mol. The van der Waals surface area contributed by atoms with E-state index in [9.17, 15) is 4.79 Å². The van der Waals surface area contributed by atoms with Crippen LogP contribution in [0.2, 0.25) is 0 Å². The summed E-state index contributed by atoms with van der Waals surface area (Å²) >= 11 is 1.29. The van der Waals surface area contributed by atoms with Crippen molar-refractivity contribution in [3.8, 4) is 0 Å². The second-order valence-electron chi connectivity index (χ2n) is 3.99. The van der Waals surface area contributed by atoms with Crippen LogP contribution in [0.3, 0.4) is 0 Å². The Morgan fingerprint density at radius 1 is 1.55 bits per heavy atom. The number of anilines is 2. The van der Waals surface area contributed by atoms with Gasteiger partial charge in [0.05, 0.1) is 18.5 Å². The van der Waals surface area contributed by atoms with Crippen molar-refractivity contribution in [2.24, 2.45) is 0 Å². The first-order valence-corrected chi connectivity index (χ1v) is 6.98. The predicted molar refractivity (Wildman–Crippen MR) is 74.9 cm³/mol. The number of carbonyl (C=O) groups excluding carboxylic acids is 1. The molecule has 1 amide bonds. The number of aliphatic hydroxyl groups excluding tert-OH is 1. The number of amides is 1. The summed E-state index contributed by atoms with van der Waals surface area (Å²) in [6, 6.07) is 0. The fourth-order valence-electron chi connectivity index (χ4n) is 1.48. The SMILES string of the molecule is CCc1nsc(Nc2cnn(CC(=O)NCCO)c2)n1.